The van der Waals surface area contributed by atoms with Gasteiger partial charge in [0.25, 0.3) is 5.91 Å². The first-order valence-electron chi connectivity index (χ1n) is 6.39. The smallest absolute Gasteiger partial charge is 0.335 e. The summed E-state index contributed by atoms with van der Waals surface area (Å²) in [5.41, 5.74) is 0.717. The Balaban J connectivity index is 2.11. The van der Waals surface area contributed by atoms with Crippen LogP contribution in [-0.4, -0.2) is 35.3 Å². The molecule has 6 heteroatoms. The number of nitrogens with zero attached hydrogens (tertiary/aromatic N) is 2. The van der Waals surface area contributed by atoms with Crippen LogP contribution >= 0.6 is 0 Å². The lowest BCUT2D eigenvalue weighted by molar-refractivity contribution is 0.0696. The SMILES string of the molecule is CN(N=Cc1ccc(C(=O)O)cc1)C(=O)c1ccccc1F. The third kappa shape index (κ3) is 3.54. The molecule has 2 aromatic rings. The Bertz CT molecular complexity index is 726. The molecule has 0 bridgehead atoms. The second kappa shape index (κ2) is 6.62. The number of carbonyl (C=O) groups excluding carboxylic acids is 1. The van der Waals surface area contributed by atoms with E-state index < -0.39 is 17.7 Å². The van der Waals surface area contributed by atoms with Crippen LogP contribution in [0.5, 0.6) is 0 Å². The molecule has 1 N–H and O–H groups in total. The van der Waals surface area contributed by atoms with Crippen molar-refractivity contribution in [2.24, 2.45) is 5.10 Å². The number of amides is 1. The average Bonchev–Trinajstić information content (AvgIpc) is 2.52. The maximum absolute atomic E-state index is 13.5. The Morgan fingerprint density at radius 1 is 1.14 bits per heavy atom. The summed E-state index contributed by atoms with van der Waals surface area (Å²) in [7, 11) is 1.41. The summed E-state index contributed by atoms with van der Waals surface area (Å²) >= 11 is 0. The van der Waals surface area contributed by atoms with Gasteiger partial charge >= 0.3 is 5.97 Å². The molecule has 0 unspecified atom stereocenters. The summed E-state index contributed by atoms with van der Waals surface area (Å²) in [6, 6.07) is 11.6. The van der Waals surface area contributed by atoms with Crippen molar-refractivity contribution in [3.63, 3.8) is 0 Å². The molecule has 0 aliphatic rings. The first-order valence-corrected chi connectivity index (χ1v) is 6.39. The summed E-state index contributed by atoms with van der Waals surface area (Å²) in [5.74, 6) is -2.20. The van der Waals surface area contributed by atoms with Crippen molar-refractivity contribution >= 4 is 18.1 Å². The van der Waals surface area contributed by atoms with E-state index in [9.17, 15) is 14.0 Å². The third-order valence-corrected chi connectivity index (χ3v) is 2.94. The van der Waals surface area contributed by atoms with Crippen LogP contribution in [0.2, 0.25) is 0 Å². The standard InChI is InChI=1S/C16H13FN2O3/c1-19(15(20)13-4-2-3-5-14(13)17)18-10-11-6-8-12(9-7-11)16(21)22/h2-10H,1H3,(H,21,22). The topological polar surface area (TPSA) is 70.0 Å². The summed E-state index contributed by atoms with van der Waals surface area (Å²) in [6.07, 6.45) is 1.39. The Hall–Kier alpha value is -3.02. The van der Waals surface area contributed by atoms with Crippen LogP contribution in [0.25, 0.3) is 0 Å². The molecule has 0 aromatic heterocycles. The maximum Gasteiger partial charge on any atom is 0.335 e. The van der Waals surface area contributed by atoms with Crippen molar-refractivity contribution < 1.29 is 19.1 Å². The number of hydrogen-bond acceptors (Lipinski definition) is 3. The number of aromatic carboxylic acids is 1. The van der Waals surface area contributed by atoms with E-state index in [1.807, 2.05) is 0 Å². The second-order valence-corrected chi connectivity index (χ2v) is 4.48. The van der Waals surface area contributed by atoms with Crippen LogP contribution < -0.4 is 0 Å². The minimum atomic E-state index is -1.02. The Labute approximate surface area is 126 Å². The largest absolute Gasteiger partial charge is 0.478 e. The van der Waals surface area contributed by atoms with Gasteiger partial charge in [0.2, 0.25) is 0 Å². The van der Waals surface area contributed by atoms with Crippen LogP contribution in [0.15, 0.2) is 53.6 Å². The van der Waals surface area contributed by atoms with Crippen LogP contribution in [0, 0.1) is 5.82 Å². The molecule has 0 aliphatic heterocycles. The van der Waals surface area contributed by atoms with Gasteiger partial charge in [-0.05, 0) is 29.8 Å². The molecule has 22 heavy (non-hydrogen) atoms. The average molecular weight is 300 g/mol. The fraction of sp³-hybridized carbons (Fsp3) is 0.0625. The number of benzene rings is 2. The Kier molecular flexibility index (Phi) is 4.63. The molecular weight excluding hydrogens is 287 g/mol. The molecule has 1 amide bonds. The van der Waals surface area contributed by atoms with Crippen molar-refractivity contribution in [2.45, 2.75) is 0 Å². The number of hydrogen-bond donors (Lipinski definition) is 1. The lowest BCUT2D eigenvalue weighted by atomic mass is 10.1. The second-order valence-electron chi connectivity index (χ2n) is 4.48. The first kappa shape index (κ1) is 15.4. The lowest BCUT2D eigenvalue weighted by Gasteiger charge is -2.11. The number of halogens is 1. The van der Waals surface area contributed by atoms with E-state index in [-0.39, 0.29) is 11.1 Å². The van der Waals surface area contributed by atoms with Gasteiger partial charge in [0.15, 0.2) is 0 Å². The molecule has 0 saturated heterocycles. The highest BCUT2D eigenvalue weighted by atomic mass is 19.1. The number of carboxylic acid groups (broad SMARTS) is 1. The highest BCUT2D eigenvalue weighted by Gasteiger charge is 2.14. The van der Waals surface area contributed by atoms with E-state index >= 15 is 0 Å². The molecule has 2 aromatic carbocycles. The van der Waals surface area contributed by atoms with Gasteiger partial charge in [-0.25, -0.2) is 14.2 Å². The number of hydrazone groups is 1. The first-order chi connectivity index (χ1) is 10.5. The van der Waals surface area contributed by atoms with Gasteiger partial charge in [0.05, 0.1) is 17.3 Å². The van der Waals surface area contributed by atoms with E-state index in [2.05, 4.69) is 5.10 Å². The predicted octanol–water partition coefficient (Wildman–Crippen LogP) is 2.63. The fourth-order valence-electron chi connectivity index (χ4n) is 1.73. The van der Waals surface area contributed by atoms with E-state index in [1.165, 1.54) is 43.6 Å². The summed E-state index contributed by atoms with van der Waals surface area (Å²) in [6.45, 7) is 0. The molecule has 5 nitrogen and oxygen atoms in total. The summed E-state index contributed by atoms with van der Waals surface area (Å²) < 4.78 is 13.5. The monoisotopic (exact) mass is 300 g/mol. The Morgan fingerprint density at radius 3 is 2.36 bits per heavy atom. The van der Waals surface area contributed by atoms with Gasteiger partial charge in [-0.15, -0.1) is 0 Å². The lowest BCUT2D eigenvalue weighted by Crippen LogP contribution is -2.22. The summed E-state index contributed by atoms with van der Waals surface area (Å²) in [5, 5.41) is 13.7. The molecule has 0 atom stereocenters. The van der Waals surface area contributed by atoms with Crippen LogP contribution in [0.4, 0.5) is 4.39 Å². The van der Waals surface area contributed by atoms with Crippen molar-refractivity contribution in [2.75, 3.05) is 7.05 Å². The van der Waals surface area contributed by atoms with Crippen LogP contribution in [-0.2, 0) is 0 Å². The molecule has 0 radical (unpaired) electrons. The molecule has 2 rings (SSSR count). The molecule has 0 heterocycles. The molecule has 0 spiro atoms. The maximum atomic E-state index is 13.5. The predicted molar refractivity (Wildman–Crippen MR) is 79.5 cm³/mol. The fourth-order valence-corrected chi connectivity index (χ4v) is 1.73. The van der Waals surface area contributed by atoms with Crippen molar-refractivity contribution in [1.82, 2.24) is 5.01 Å². The summed E-state index contributed by atoms with van der Waals surface area (Å²) in [4.78, 5) is 22.8. The van der Waals surface area contributed by atoms with Crippen molar-refractivity contribution in [3.8, 4) is 0 Å². The van der Waals surface area contributed by atoms with E-state index in [1.54, 1.807) is 18.2 Å². The van der Waals surface area contributed by atoms with Gasteiger partial charge in [-0.1, -0.05) is 24.3 Å². The molecule has 0 aliphatic carbocycles. The zero-order chi connectivity index (χ0) is 16.1. The van der Waals surface area contributed by atoms with Crippen LogP contribution in [0.3, 0.4) is 0 Å². The van der Waals surface area contributed by atoms with Crippen LogP contribution in [0.1, 0.15) is 26.3 Å². The molecule has 0 fully saturated rings. The van der Waals surface area contributed by atoms with Crippen molar-refractivity contribution in [1.29, 1.82) is 0 Å². The van der Waals surface area contributed by atoms with Gasteiger partial charge in [-0.2, -0.15) is 5.10 Å². The Morgan fingerprint density at radius 2 is 1.77 bits per heavy atom. The van der Waals surface area contributed by atoms with E-state index in [4.69, 9.17) is 5.11 Å². The highest BCUT2D eigenvalue weighted by molar-refractivity contribution is 5.95. The molecule has 112 valence electrons. The molecular formula is C16H13FN2O3. The number of carbonyl (C=O) groups is 2. The van der Waals surface area contributed by atoms with E-state index in [0.717, 1.165) is 5.01 Å². The number of carboxylic acids is 1. The minimum Gasteiger partial charge on any atom is -0.478 e. The number of rotatable bonds is 4. The van der Waals surface area contributed by atoms with Crippen molar-refractivity contribution in [3.05, 3.63) is 71.0 Å². The minimum absolute atomic E-state index is 0.0663. The van der Waals surface area contributed by atoms with Gasteiger partial charge in [0, 0.05) is 7.05 Å². The van der Waals surface area contributed by atoms with Gasteiger partial charge in [0.1, 0.15) is 5.82 Å². The van der Waals surface area contributed by atoms with E-state index in [0.29, 0.717) is 5.56 Å². The zero-order valence-electron chi connectivity index (χ0n) is 11.7. The zero-order valence-corrected chi connectivity index (χ0v) is 11.7. The van der Waals surface area contributed by atoms with Gasteiger partial charge in [-0.3, -0.25) is 4.79 Å². The quantitative estimate of drug-likeness (QED) is 0.697. The molecule has 0 saturated carbocycles. The van der Waals surface area contributed by atoms with Gasteiger partial charge < -0.3 is 5.11 Å². The highest BCUT2D eigenvalue weighted by Crippen LogP contribution is 2.09. The normalized spacial score (nSPS) is 10.6. The third-order valence-electron chi connectivity index (χ3n) is 2.94.